The van der Waals surface area contributed by atoms with Crippen LogP contribution < -0.4 is 0 Å². The second-order valence-electron chi connectivity index (χ2n) is 8.55. The van der Waals surface area contributed by atoms with Crippen molar-refractivity contribution in [3.63, 3.8) is 0 Å². The molecule has 2 nitrogen and oxygen atoms in total. The lowest BCUT2D eigenvalue weighted by molar-refractivity contribution is 0.0403. The number of aryl methyl sites for hydroxylation is 1. The molecule has 124 valence electrons. The van der Waals surface area contributed by atoms with Gasteiger partial charge in [-0.3, -0.25) is 0 Å². The van der Waals surface area contributed by atoms with Gasteiger partial charge in [-0.05, 0) is 85.5 Å². The minimum atomic E-state index is -0.220. The Morgan fingerprint density at radius 3 is 2.83 bits per heavy atom. The molecule has 1 aromatic carbocycles. The standard InChI is InChI=1S/C21H28O2/c1-12(2)19-18(23)11-21(3)9-8-16-15-7-5-14(22)10-13(15)4-6-17(16)20(19)21/h5,7,10,16-20,22-23H,1,4,6,8-9,11H2,2-3H3/t16-,17-,18+,19-,20-,21-/m1/s1. The second kappa shape index (κ2) is 5.11. The zero-order chi connectivity index (χ0) is 16.4. The number of phenolic OH excluding ortho intramolecular Hbond substituents is 1. The van der Waals surface area contributed by atoms with E-state index in [9.17, 15) is 10.2 Å². The fourth-order valence-corrected chi connectivity index (χ4v) is 6.31. The third-order valence-corrected chi connectivity index (χ3v) is 7.13. The molecule has 23 heavy (non-hydrogen) atoms. The van der Waals surface area contributed by atoms with E-state index in [4.69, 9.17) is 0 Å². The van der Waals surface area contributed by atoms with E-state index in [1.165, 1.54) is 30.4 Å². The van der Waals surface area contributed by atoms with Crippen molar-refractivity contribution in [1.29, 1.82) is 0 Å². The molecule has 0 saturated heterocycles. The lowest BCUT2D eigenvalue weighted by atomic mass is 9.54. The Morgan fingerprint density at radius 2 is 2.09 bits per heavy atom. The van der Waals surface area contributed by atoms with Crippen molar-refractivity contribution >= 4 is 0 Å². The van der Waals surface area contributed by atoms with E-state index in [0.29, 0.717) is 23.5 Å². The van der Waals surface area contributed by atoms with Crippen LogP contribution in [0.3, 0.4) is 0 Å². The molecule has 2 fully saturated rings. The van der Waals surface area contributed by atoms with Crippen molar-refractivity contribution in [3.05, 3.63) is 41.5 Å². The first-order valence-electron chi connectivity index (χ1n) is 9.06. The molecule has 4 rings (SSSR count). The second-order valence-corrected chi connectivity index (χ2v) is 8.55. The van der Waals surface area contributed by atoms with Crippen LogP contribution in [0.25, 0.3) is 0 Å². The molecule has 2 saturated carbocycles. The summed E-state index contributed by atoms with van der Waals surface area (Å²) in [5.41, 5.74) is 4.20. The largest absolute Gasteiger partial charge is 0.508 e. The van der Waals surface area contributed by atoms with E-state index in [1.54, 1.807) is 0 Å². The van der Waals surface area contributed by atoms with Crippen molar-refractivity contribution in [3.8, 4) is 5.75 Å². The Balaban J connectivity index is 1.75. The molecule has 2 N–H and O–H groups in total. The molecule has 0 radical (unpaired) electrons. The third-order valence-electron chi connectivity index (χ3n) is 7.13. The van der Waals surface area contributed by atoms with E-state index in [1.807, 2.05) is 12.1 Å². The number of fused-ring (bicyclic) bond motifs is 5. The quantitative estimate of drug-likeness (QED) is 0.754. The molecule has 0 heterocycles. The van der Waals surface area contributed by atoms with E-state index < -0.39 is 0 Å². The smallest absolute Gasteiger partial charge is 0.115 e. The molecule has 0 aliphatic heterocycles. The summed E-state index contributed by atoms with van der Waals surface area (Å²) in [6, 6.07) is 5.94. The molecule has 0 spiro atoms. The fraction of sp³-hybridized carbons (Fsp3) is 0.619. The average molecular weight is 312 g/mol. The lowest BCUT2D eigenvalue weighted by Crippen LogP contribution is -2.42. The van der Waals surface area contributed by atoms with Gasteiger partial charge in [0.1, 0.15) is 5.75 Å². The number of aliphatic hydroxyl groups excluding tert-OH is 1. The highest BCUT2D eigenvalue weighted by molar-refractivity contribution is 5.40. The van der Waals surface area contributed by atoms with Gasteiger partial charge in [0.15, 0.2) is 0 Å². The molecule has 0 aromatic heterocycles. The third kappa shape index (κ3) is 2.18. The number of benzene rings is 1. The van der Waals surface area contributed by atoms with E-state index in [2.05, 4.69) is 26.5 Å². The highest BCUT2D eigenvalue weighted by Crippen LogP contribution is 2.63. The van der Waals surface area contributed by atoms with Gasteiger partial charge in [-0.2, -0.15) is 0 Å². The lowest BCUT2D eigenvalue weighted by Gasteiger charge is -2.50. The van der Waals surface area contributed by atoms with Gasteiger partial charge in [0.05, 0.1) is 6.10 Å². The van der Waals surface area contributed by atoms with Crippen LogP contribution in [0.15, 0.2) is 30.4 Å². The first kappa shape index (κ1) is 15.3. The molecule has 3 aliphatic rings. The number of rotatable bonds is 1. The number of phenols is 1. The maximum atomic E-state index is 10.7. The Kier molecular flexibility index (Phi) is 3.39. The van der Waals surface area contributed by atoms with Gasteiger partial charge in [-0.25, -0.2) is 0 Å². The summed E-state index contributed by atoms with van der Waals surface area (Å²) in [6.07, 6.45) is 5.35. The van der Waals surface area contributed by atoms with Crippen molar-refractivity contribution in [2.45, 2.75) is 58.0 Å². The molecule has 3 aliphatic carbocycles. The Labute approximate surface area is 139 Å². The van der Waals surface area contributed by atoms with Crippen molar-refractivity contribution in [2.24, 2.45) is 23.2 Å². The zero-order valence-corrected chi connectivity index (χ0v) is 14.3. The molecule has 0 unspecified atom stereocenters. The molecule has 1 aromatic rings. The van der Waals surface area contributed by atoms with Crippen molar-refractivity contribution in [1.82, 2.24) is 0 Å². The van der Waals surface area contributed by atoms with Crippen LogP contribution in [0.2, 0.25) is 0 Å². The van der Waals surface area contributed by atoms with Gasteiger partial charge >= 0.3 is 0 Å². The fourth-order valence-electron chi connectivity index (χ4n) is 6.31. The molecule has 0 bridgehead atoms. The highest BCUT2D eigenvalue weighted by atomic mass is 16.3. The summed E-state index contributed by atoms with van der Waals surface area (Å²) in [5.74, 6) is 2.43. The molecular formula is C21H28O2. The molecule has 2 heteroatoms. The number of aromatic hydroxyl groups is 1. The molecule has 0 amide bonds. The summed E-state index contributed by atoms with van der Waals surface area (Å²) < 4.78 is 0. The van der Waals surface area contributed by atoms with E-state index in [0.717, 1.165) is 18.4 Å². The van der Waals surface area contributed by atoms with Crippen LogP contribution in [-0.4, -0.2) is 16.3 Å². The van der Waals surface area contributed by atoms with Crippen molar-refractivity contribution < 1.29 is 10.2 Å². The Hall–Kier alpha value is -1.28. The first-order valence-corrected chi connectivity index (χ1v) is 9.06. The van der Waals surface area contributed by atoms with Gasteiger partial charge in [0.25, 0.3) is 0 Å². The highest BCUT2D eigenvalue weighted by Gasteiger charge is 2.57. The van der Waals surface area contributed by atoms with E-state index >= 15 is 0 Å². The normalized spacial score (nSPS) is 41.8. The number of hydrogen-bond acceptors (Lipinski definition) is 2. The van der Waals surface area contributed by atoms with Crippen molar-refractivity contribution in [2.75, 3.05) is 0 Å². The van der Waals surface area contributed by atoms with Gasteiger partial charge in [0.2, 0.25) is 0 Å². The topological polar surface area (TPSA) is 40.5 Å². The van der Waals surface area contributed by atoms with Crippen LogP contribution >= 0.6 is 0 Å². The summed E-state index contributed by atoms with van der Waals surface area (Å²) in [5, 5.41) is 20.5. The van der Waals surface area contributed by atoms with Gasteiger partial charge in [0, 0.05) is 5.92 Å². The van der Waals surface area contributed by atoms with Crippen LogP contribution in [-0.2, 0) is 6.42 Å². The Bertz CT molecular complexity index is 649. The van der Waals surface area contributed by atoms with Crippen LogP contribution in [0, 0.1) is 23.2 Å². The maximum Gasteiger partial charge on any atom is 0.115 e. The first-order chi connectivity index (χ1) is 10.9. The summed E-state index contributed by atoms with van der Waals surface area (Å²) in [6.45, 7) is 8.70. The van der Waals surface area contributed by atoms with Gasteiger partial charge in [-0.1, -0.05) is 25.1 Å². The molecular weight excluding hydrogens is 284 g/mol. The summed E-state index contributed by atoms with van der Waals surface area (Å²) in [4.78, 5) is 0. The van der Waals surface area contributed by atoms with E-state index in [-0.39, 0.29) is 17.4 Å². The predicted octanol–water partition coefficient (Wildman–Crippen LogP) is 4.41. The minimum absolute atomic E-state index is 0.220. The maximum absolute atomic E-state index is 10.7. The summed E-state index contributed by atoms with van der Waals surface area (Å²) >= 11 is 0. The molecule has 6 atom stereocenters. The Morgan fingerprint density at radius 1 is 1.30 bits per heavy atom. The van der Waals surface area contributed by atoms with Crippen LogP contribution in [0.1, 0.15) is 56.6 Å². The number of hydrogen-bond donors (Lipinski definition) is 2. The van der Waals surface area contributed by atoms with Gasteiger partial charge in [-0.15, -0.1) is 0 Å². The predicted molar refractivity (Wildman–Crippen MR) is 92.4 cm³/mol. The van der Waals surface area contributed by atoms with Crippen LogP contribution in [0.5, 0.6) is 5.75 Å². The number of aliphatic hydroxyl groups is 1. The monoisotopic (exact) mass is 312 g/mol. The van der Waals surface area contributed by atoms with Gasteiger partial charge < -0.3 is 10.2 Å². The zero-order valence-electron chi connectivity index (χ0n) is 14.3. The SMILES string of the molecule is C=C(C)[C@H]1[C@H]2[C@@H]3CCc4cc(O)ccc4[C@H]3CC[C@]2(C)C[C@@H]1O. The van der Waals surface area contributed by atoms with Crippen LogP contribution in [0.4, 0.5) is 0 Å². The average Bonchev–Trinajstić information content (AvgIpc) is 2.77. The summed E-state index contributed by atoms with van der Waals surface area (Å²) in [7, 11) is 0. The minimum Gasteiger partial charge on any atom is -0.508 e.